The molecular formula is C24H29F3N2O4. The third kappa shape index (κ3) is 4.88. The summed E-state index contributed by atoms with van der Waals surface area (Å²) < 4.78 is 46.6. The van der Waals surface area contributed by atoms with Crippen molar-refractivity contribution in [1.82, 2.24) is 5.32 Å². The fourth-order valence-corrected chi connectivity index (χ4v) is 4.72. The van der Waals surface area contributed by atoms with Gasteiger partial charge in [0.05, 0.1) is 49.2 Å². The molecule has 1 saturated heterocycles. The molecule has 1 fully saturated rings. The first kappa shape index (κ1) is 24.0. The van der Waals surface area contributed by atoms with Crippen molar-refractivity contribution in [1.29, 1.82) is 0 Å². The second-order valence-corrected chi connectivity index (χ2v) is 8.89. The van der Waals surface area contributed by atoms with Crippen LogP contribution in [0.5, 0.6) is 0 Å². The van der Waals surface area contributed by atoms with Gasteiger partial charge < -0.3 is 30.7 Å². The molecule has 6 nitrogen and oxygen atoms in total. The lowest BCUT2D eigenvalue weighted by Crippen LogP contribution is -2.57. The Kier molecular flexibility index (Phi) is 6.97. The zero-order chi connectivity index (χ0) is 23.6. The van der Waals surface area contributed by atoms with Crippen LogP contribution in [0, 0.1) is 5.92 Å². The molecular weight excluding hydrogens is 437 g/mol. The van der Waals surface area contributed by atoms with Gasteiger partial charge in [0.25, 0.3) is 0 Å². The summed E-state index contributed by atoms with van der Waals surface area (Å²) >= 11 is 0. The van der Waals surface area contributed by atoms with Crippen molar-refractivity contribution < 1.29 is 33.2 Å². The number of halogens is 3. The van der Waals surface area contributed by atoms with Crippen molar-refractivity contribution in [2.75, 3.05) is 31.7 Å². The van der Waals surface area contributed by atoms with Gasteiger partial charge in [-0.25, -0.2) is 0 Å². The molecule has 0 radical (unpaired) electrons. The molecule has 2 aromatic rings. The Balaban J connectivity index is 1.63. The number of alkyl halides is 3. The maximum Gasteiger partial charge on any atom is 0.416 e. The van der Waals surface area contributed by atoms with E-state index in [-0.39, 0.29) is 24.6 Å². The molecule has 0 unspecified atom stereocenters. The Hall–Kier alpha value is -2.17. The van der Waals surface area contributed by atoms with Gasteiger partial charge in [0.2, 0.25) is 0 Å². The van der Waals surface area contributed by atoms with Gasteiger partial charge in [-0.3, -0.25) is 0 Å². The third-order valence-electron chi connectivity index (χ3n) is 6.75. The van der Waals surface area contributed by atoms with Crippen LogP contribution >= 0.6 is 0 Å². The Morgan fingerprint density at radius 2 is 1.67 bits per heavy atom. The highest BCUT2D eigenvalue weighted by atomic mass is 19.4. The summed E-state index contributed by atoms with van der Waals surface area (Å²) in [7, 11) is 0. The fraction of sp³-hybridized carbons (Fsp3) is 0.500. The molecule has 2 heterocycles. The van der Waals surface area contributed by atoms with Crippen LogP contribution in [0.1, 0.15) is 41.7 Å². The minimum atomic E-state index is -4.46. The molecule has 2 aliphatic heterocycles. The predicted octanol–water partition coefficient (Wildman–Crippen LogP) is 3.01. The van der Waals surface area contributed by atoms with Gasteiger partial charge in [-0.2, -0.15) is 13.2 Å². The highest BCUT2D eigenvalue weighted by Gasteiger charge is 2.44. The monoisotopic (exact) mass is 466 g/mol. The van der Waals surface area contributed by atoms with E-state index in [4.69, 9.17) is 4.74 Å². The number of hydrogen-bond donors (Lipinski definition) is 5. The van der Waals surface area contributed by atoms with Crippen LogP contribution in [0.4, 0.5) is 18.9 Å². The fourth-order valence-electron chi connectivity index (χ4n) is 4.72. The highest BCUT2D eigenvalue weighted by molar-refractivity contribution is 5.58. The molecule has 0 saturated carbocycles. The summed E-state index contributed by atoms with van der Waals surface area (Å²) in [5, 5.41) is 35.1. The van der Waals surface area contributed by atoms with Gasteiger partial charge in [-0.1, -0.05) is 30.3 Å². The Labute approximate surface area is 190 Å². The lowest BCUT2D eigenvalue weighted by molar-refractivity contribution is -0.138. The lowest BCUT2D eigenvalue weighted by Gasteiger charge is -2.46. The first-order chi connectivity index (χ1) is 15.8. The molecule has 9 heteroatoms. The van der Waals surface area contributed by atoms with E-state index in [2.05, 4.69) is 10.6 Å². The number of ether oxygens (including phenoxy) is 1. The summed E-state index contributed by atoms with van der Waals surface area (Å²) in [6, 6.07) is 13.4. The van der Waals surface area contributed by atoms with Crippen molar-refractivity contribution in [3.8, 4) is 0 Å². The van der Waals surface area contributed by atoms with Crippen molar-refractivity contribution in [3.05, 3.63) is 65.2 Å². The standard InChI is InChI=1S/C24H29F3N2O4/c25-24(26,27)16-6-9-20-19(10-16)22-18(21(29-20)15-4-2-1-3-5-15)8-7-17(33-22)11-28-23(12-30,13-31)14-32/h1-6,9-10,17-18,21-22,28-32H,7-8,11-14H2/t17-,18+,21+,22+/m1/s1. The van der Waals surface area contributed by atoms with E-state index < -0.39 is 43.2 Å². The summed E-state index contributed by atoms with van der Waals surface area (Å²) in [5.74, 6) is -0.0714. The average Bonchev–Trinajstić information content (AvgIpc) is 2.84. The zero-order valence-corrected chi connectivity index (χ0v) is 18.1. The number of aliphatic hydroxyl groups is 3. The van der Waals surface area contributed by atoms with Crippen molar-refractivity contribution in [3.63, 3.8) is 0 Å². The summed E-state index contributed by atoms with van der Waals surface area (Å²) in [6.07, 6.45) is -4.01. The molecule has 0 aromatic heterocycles. The second-order valence-electron chi connectivity index (χ2n) is 8.89. The number of hydrogen-bond acceptors (Lipinski definition) is 6. The Morgan fingerprint density at radius 1 is 0.970 bits per heavy atom. The number of rotatable bonds is 7. The van der Waals surface area contributed by atoms with Crippen LogP contribution < -0.4 is 10.6 Å². The van der Waals surface area contributed by atoms with Crippen molar-refractivity contribution in [2.45, 2.75) is 42.8 Å². The van der Waals surface area contributed by atoms with Crippen LogP contribution in [0.2, 0.25) is 0 Å². The van der Waals surface area contributed by atoms with Gasteiger partial charge in [0.15, 0.2) is 0 Å². The molecule has 0 bridgehead atoms. The minimum Gasteiger partial charge on any atom is -0.394 e. The summed E-state index contributed by atoms with van der Waals surface area (Å²) in [4.78, 5) is 0. The Morgan fingerprint density at radius 3 is 2.30 bits per heavy atom. The molecule has 0 aliphatic carbocycles. The molecule has 4 rings (SSSR count). The third-order valence-corrected chi connectivity index (χ3v) is 6.75. The SMILES string of the molecule is OCC(CO)(CO)NC[C@H]1CC[C@@H]2[C@H](O1)c1cc(C(F)(F)F)ccc1N[C@H]2c1ccccc1. The molecule has 0 amide bonds. The van der Waals surface area contributed by atoms with E-state index in [0.717, 1.165) is 17.7 Å². The average molecular weight is 466 g/mol. The molecule has 33 heavy (non-hydrogen) atoms. The van der Waals surface area contributed by atoms with E-state index in [1.165, 1.54) is 6.07 Å². The lowest BCUT2D eigenvalue weighted by atomic mass is 9.76. The highest BCUT2D eigenvalue weighted by Crippen LogP contribution is 2.51. The number of fused-ring (bicyclic) bond motifs is 3. The molecule has 2 aliphatic rings. The van der Waals surface area contributed by atoms with Gasteiger partial charge in [-0.15, -0.1) is 0 Å². The van der Waals surface area contributed by atoms with Crippen molar-refractivity contribution >= 4 is 5.69 Å². The molecule has 180 valence electrons. The summed E-state index contributed by atoms with van der Waals surface area (Å²) in [5.41, 5.74) is 0.163. The van der Waals surface area contributed by atoms with E-state index in [0.29, 0.717) is 24.1 Å². The van der Waals surface area contributed by atoms with Gasteiger partial charge in [0.1, 0.15) is 0 Å². The normalized spacial score (nSPS) is 25.2. The Bertz CT molecular complexity index is 929. The smallest absolute Gasteiger partial charge is 0.394 e. The topological polar surface area (TPSA) is 94.0 Å². The first-order valence-corrected chi connectivity index (χ1v) is 11.1. The van der Waals surface area contributed by atoms with Crippen LogP contribution in [-0.2, 0) is 10.9 Å². The van der Waals surface area contributed by atoms with Gasteiger partial charge in [-0.05, 0) is 36.6 Å². The quantitative estimate of drug-likeness (QED) is 0.431. The number of anilines is 1. The van der Waals surface area contributed by atoms with Crippen molar-refractivity contribution in [2.24, 2.45) is 5.92 Å². The zero-order valence-electron chi connectivity index (χ0n) is 18.1. The van der Waals surface area contributed by atoms with Gasteiger partial charge in [0, 0.05) is 23.7 Å². The number of benzene rings is 2. The molecule has 5 N–H and O–H groups in total. The van der Waals surface area contributed by atoms with E-state index >= 15 is 0 Å². The molecule has 4 atom stereocenters. The predicted molar refractivity (Wildman–Crippen MR) is 117 cm³/mol. The largest absolute Gasteiger partial charge is 0.416 e. The maximum absolute atomic E-state index is 13.4. The number of nitrogens with one attached hydrogen (secondary N) is 2. The summed E-state index contributed by atoms with van der Waals surface area (Å²) in [6.45, 7) is -1.15. The van der Waals surface area contributed by atoms with E-state index in [9.17, 15) is 28.5 Å². The second kappa shape index (κ2) is 9.60. The molecule has 0 spiro atoms. The maximum atomic E-state index is 13.4. The van der Waals surface area contributed by atoms with Crippen LogP contribution in [0.3, 0.4) is 0 Å². The van der Waals surface area contributed by atoms with Crippen LogP contribution in [0.25, 0.3) is 0 Å². The van der Waals surface area contributed by atoms with Gasteiger partial charge >= 0.3 is 6.18 Å². The van der Waals surface area contributed by atoms with E-state index in [1.54, 1.807) is 0 Å². The molecule has 2 aromatic carbocycles. The van der Waals surface area contributed by atoms with Crippen LogP contribution in [-0.4, -0.2) is 53.3 Å². The first-order valence-electron chi connectivity index (χ1n) is 11.1. The minimum absolute atomic E-state index is 0.0714. The van der Waals surface area contributed by atoms with Crippen LogP contribution in [0.15, 0.2) is 48.5 Å². The number of aliphatic hydroxyl groups excluding tert-OH is 3. The van der Waals surface area contributed by atoms with E-state index in [1.807, 2.05) is 30.3 Å².